The molecule has 4 heteroatoms. The van der Waals surface area contributed by atoms with Gasteiger partial charge in [-0.15, -0.1) is 0 Å². The molecule has 78 valence electrons. The molecule has 4 nitrogen and oxygen atoms in total. The fraction of sp³-hybridized carbons (Fsp3) is 0.273. The third-order valence-electron chi connectivity index (χ3n) is 2.27. The molecule has 0 atom stereocenters. The molecule has 0 saturated heterocycles. The van der Waals surface area contributed by atoms with E-state index in [9.17, 15) is 4.79 Å². The Balaban J connectivity index is 2.57. The Kier molecular flexibility index (Phi) is 2.41. The zero-order valence-electron chi connectivity index (χ0n) is 8.82. The summed E-state index contributed by atoms with van der Waals surface area (Å²) in [5.41, 5.74) is 1.80. The van der Waals surface area contributed by atoms with Gasteiger partial charge in [-0.05, 0) is 24.6 Å². The molecular weight excluding hydrogens is 190 g/mol. The van der Waals surface area contributed by atoms with Crippen molar-refractivity contribution in [2.45, 2.75) is 20.3 Å². The quantitative estimate of drug-likeness (QED) is 0.802. The van der Waals surface area contributed by atoms with Crippen molar-refractivity contribution in [1.29, 1.82) is 0 Å². The zero-order chi connectivity index (χ0) is 10.8. The summed E-state index contributed by atoms with van der Waals surface area (Å²) < 4.78 is 1.73. The molecule has 0 spiro atoms. The number of nitrogens with zero attached hydrogens (tertiary/aromatic N) is 2. The normalized spacial score (nSPS) is 10.5. The minimum atomic E-state index is -0.298. The van der Waals surface area contributed by atoms with Gasteiger partial charge >= 0.3 is 5.69 Å². The van der Waals surface area contributed by atoms with Crippen LogP contribution >= 0.6 is 0 Å². The van der Waals surface area contributed by atoms with Crippen LogP contribution in [-0.4, -0.2) is 14.8 Å². The molecule has 15 heavy (non-hydrogen) atoms. The molecule has 0 aliphatic carbocycles. The SMILES string of the molecule is CCc1nc(=O)[nH]n1-c1cccc(C)c1. The molecule has 2 aromatic rings. The van der Waals surface area contributed by atoms with Crippen LogP contribution in [0.25, 0.3) is 5.69 Å². The van der Waals surface area contributed by atoms with Crippen molar-refractivity contribution in [2.24, 2.45) is 0 Å². The third-order valence-corrected chi connectivity index (χ3v) is 2.27. The first-order valence-corrected chi connectivity index (χ1v) is 4.95. The van der Waals surface area contributed by atoms with Crippen molar-refractivity contribution < 1.29 is 0 Å². The second-order valence-corrected chi connectivity index (χ2v) is 3.47. The average Bonchev–Trinajstić information content (AvgIpc) is 2.59. The van der Waals surface area contributed by atoms with Crippen LogP contribution in [0.2, 0.25) is 0 Å². The molecule has 2 rings (SSSR count). The fourth-order valence-electron chi connectivity index (χ4n) is 1.57. The van der Waals surface area contributed by atoms with Crippen molar-refractivity contribution in [3.05, 3.63) is 46.1 Å². The van der Waals surface area contributed by atoms with Gasteiger partial charge in [-0.25, -0.2) is 14.6 Å². The summed E-state index contributed by atoms with van der Waals surface area (Å²) in [5, 5.41) is 2.69. The number of H-pyrrole nitrogens is 1. The van der Waals surface area contributed by atoms with E-state index in [0.29, 0.717) is 0 Å². The number of rotatable bonds is 2. The lowest BCUT2D eigenvalue weighted by atomic mass is 10.2. The first-order chi connectivity index (χ1) is 7.20. The second-order valence-electron chi connectivity index (χ2n) is 3.47. The lowest BCUT2D eigenvalue weighted by molar-refractivity contribution is 0.796. The van der Waals surface area contributed by atoms with E-state index in [0.717, 1.165) is 23.5 Å². The van der Waals surface area contributed by atoms with E-state index < -0.39 is 0 Å². The highest BCUT2D eigenvalue weighted by molar-refractivity contribution is 5.35. The fourth-order valence-corrected chi connectivity index (χ4v) is 1.57. The third kappa shape index (κ3) is 1.83. The Morgan fingerprint density at radius 1 is 1.47 bits per heavy atom. The average molecular weight is 203 g/mol. The number of aromatic nitrogens is 3. The van der Waals surface area contributed by atoms with E-state index in [1.165, 1.54) is 0 Å². The minimum Gasteiger partial charge on any atom is -0.244 e. The van der Waals surface area contributed by atoms with E-state index in [-0.39, 0.29) is 5.69 Å². The van der Waals surface area contributed by atoms with Crippen LogP contribution in [0, 0.1) is 6.92 Å². The van der Waals surface area contributed by atoms with E-state index in [1.807, 2.05) is 38.1 Å². The van der Waals surface area contributed by atoms with Gasteiger partial charge in [0, 0.05) is 6.42 Å². The smallest absolute Gasteiger partial charge is 0.244 e. The highest BCUT2D eigenvalue weighted by Gasteiger charge is 2.05. The minimum absolute atomic E-state index is 0.298. The number of benzene rings is 1. The molecule has 0 radical (unpaired) electrons. The molecule has 1 aromatic carbocycles. The Labute approximate surface area is 87.6 Å². The highest BCUT2D eigenvalue weighted by atomic mass is 16.1. The Morgan fingerprint density at radius 2 is 2.27 bits per heavy atom. The predicted octanol–water partition coefficient (Wildman–Crippen LogP) is 1.43. The summed E-state index contributed by atoms with van der Waals surface area (Å²) in [6.07, 6.45) is 0.729. The number of hydrogen-bond donors (Lipinski definition) is 1. The molecule has 0 saturated carbocycles. The Hall–Kier alpha value is -1.84. The van der Waals surface area contributed by atoms with Crippen LogP contribution in [0.1, 0.15) is 18.3 Å². The van der Waals surface area contributed by atoms with Crippen molar-refractivity contribution in [1.82, 2.24) is 14.8 Å². The van der Waals surface area contributed by atoms with Crippen molar-refractivity contribution >= 4 is 0 Å². The summed E-state index contributed by atoms with van der Waals surface area (Å²) in [6, 6.07) is 7.94. The molecule has 0 amide bonds. The lowest BCUT2D eigenvalue weighted by Crippen LogP contribution is -2.05. The molecule has 0 aliphatic rings. The van der Waals surface area contributed by atoms with Gasteiger partial charge in [0.25, 0.3) is 0 Å². The molecule has 1 N–H and O–H groups in total. The first-order valence-electron chi connectivity index (χ1n) is 4.95. The van der Waals surface area contributed by atoms with Gasteiger partial charge in [0.15, 0.2) is 0 Å². The van der Waals surface area contributed by atoms with Gasteiger partial charge < -0.3 is 0 Å². The van der Waals surface area contributed by atoms with Crippen LogP contribution in [0.4, 0.5) is 0 Å². The molecule has 0 fully saturated rings. The maximum atomic E-state index is 11.1. The Morgan fingerprint density at radius 3 is 2.93 bits per heavy atom. The maximum absolute atomic E-state index is 11.1. The zero-order valence-corrected chi connectivity index (χ0v) is 8.82. The van der Waals surface area contributed by atoms with Crippen LogP contribution in [0.5, 0.6) is 0 Å². The lowest BCUT2D eigenvalue weighted by Gasteiger charge is -2.05. The number of nitrogens with one attached hydrogen (secondary N) is 1. The molecule has 1 heterocycles. The van der Waals surface area contributed by atoms with Gasteiger partial charge in [0.05, 0.1) is 5.69 Å². The Bertz CT molecular complexity index is 525. The van der Waals surface area contributed by atoms with E-state index in [1.54, 1.807) is 4.68 Å². The van der Waals surface area contributed by atoms with Gasteiger partial charge in [0.1, 0.15) is 5.82 Å². The van der Waals surface area contributed by atoms with E-state index >= 15 is 0 Å². The molecule has 1 aromatic heterocycles. The standard InChI is InChI=1S/C11H13N3O/c1-3-10-12-11(15)13-14(10)9-6-4-5-8(2)7-9/h4-7H,3H2,1-2H3,(H,13,15). The van der Waals surface area contributed by atoms with Crippen molar-refractivity contribution in [3.63, 3.8) is 0 Å². The highest BCUT2D eigenvalue weighted by Crippen LogP contribution is 2.09. The largest absolute Gasteiger partial charge is 0.361 e. The molecule has 0 bridgehead atoms. The summed E-state index contributed by atoms with van der Waals surface area (Å²) >= 11 is 0. The summed E-state index contributed by atoms with van der Waals surface area (Å²) in [6.45, 7) is 3.99. The summed E-state index contributed by atoms with van der Waals surface area (Å²) in [4.78, 5) is 15.0. The molecule has 0 aliphatic heterocycles. The van der Waals surface area contributed by atoms with Crippen LogP contribution in [0.3, 0.4) is 0 Å². The van der Waals surface area contributed by atoms with Crippen LogP contribution < -0.4 is 5.69 Å². The number of aromatic amines is 1. The monoisotopic (exact) mass is 203 g/mol. The van der Waals surface area contributed by atoms with Crippen LogP contribution in [-0.2, 0) is 6.42 Å². The number of hydrogen-bond acceptors (Lipinski definition) is 2. The predicted molar refractivity (Wildman–Crippen MR) is 58.3 cm³/mol. The van der Waals surface area contributed by atoms with E-state index in [4.69, 9.17) is 0 Å². The summed E-state index contributed by atoms with van der Waals surface area (Å²) in [7, 11) is 0. The van der Waals surface area contributed by atoms with Crippen molar-refractivity contribution in [3.8, 4) is 5.69 Å². The number of aryl methyl sites for hydroxylation is 2. The molecular formula is C11H13N3O. The van der Waals surface area contributed by atoms with Gasteiger partial charge in [-0.1, -0.05) is 19.1 Å². The second kappa shape index (κ2) is 3.73. The first kappa shape index (κ1) is 9.71. The van der Waals surface area contributed by atoms with Crippen LogP contribution in [0.15, 0.2) is 29.1 Å². The van der Waals surface area contributed by atoms with Gasteiger partial charge in [0.2, 0.25) is 0 Å². The summed E-state index contributed by atoms with van der Waals surface area (Å²) in [5.74, 6) is 0.755. The van der Waals surface area contributed by atoms with Crippen molar-refractivity contribution in [2.75, 3.05) is 0 Å². The van der Waals surface area contributed by atoms with E-state index in [2.05, 4.69) is 10.1 Å². The van der Waals surface area contributed by atoms with Gasteiger partial charge in [-0.2, -0.15) is 4.98 Å². The van der Waals surface area contributed by atoms with Gasteiger partial charge in [-0.3, -0.25) is 0 Å². The maximum Gasteiger partial charge on any atom is 0.361 e. The topological polar surface area (TPSA) is 50.7 Å². The molecule has 0 unspecified atom stereocenters.